The molecule has 5 nitrogen and oxygen atoms in total. The summed E-state index contributed by atoms with van der Waals surface area (Å²) in [5, 5.41) is 27.3. The van der Waals surface area contributed by atoms with E-state index < -0.39 is 5.97 Å². The highest BCUT2D eigenvalue weighted by atomic mass is 35.5. The number of rotatable bonds is 8. The largest absolute Gasteiger partial charge is 0.507 e. The number of Topliss-reactive ketones (excluding diaryl/α,β-unsaturated/α-hetero) is 1. The second-order valence-electron chi connectivity index (χ2n) is 4.55. The fourth-order valence-corrected chi connectivity index (χ4v) is 1.99. The van der Waals surface area contributed by atoms with Gasteiger partial charge in [-0.3, -0.25) is 9.59 Å². The number of phenolic OH excluding ortho intramolecular Hbond substituents is 2. The number of ketones is 1. The summed E-state index contributed by atoms with van der Waals surface area (Å²) in [6.45, 7) is 0. The molecule has 0 amide bonds. The van der Waals surface area contributed by atoms with Gasteiger partial charge in [0.2, 0.25) is 0 Å². The number of unbranched alkanes of at least 4 members (excludes halogenated alkanes) is 3. The smallest absolute Gasteiger partial charge is 0.303 e. The van der Waals surface area contributed by atoms with Gasteiger partial charge in [0.15, 0.2) is 5.78 Å². The third-order valence-electron chi connectivity index (χ3n) is 2.91. The van der Waals surface area contributed by atoms with E-state index >= 15 is 0 Å². The van der Waals surface area contributed by atoms with Crippen LogP contribution in [0.25, 0.3) is 0 Å². The fourth-order valence-electron chi connectivity index (χ4n) is 1.82. The number of carbonyl (C=O) groups is 2. The lowest BCUT2D eigenvalue weighted by atomic mass is 10.0. The highest BCUT2D eigenvalue weighted by molar-refractivity contribution is 6.32. The van der Waals surface area contributed by atoms with Gasteiger partial charge in [0.1, 0.15) is 11.5 Å². The minimum absolute atomic E-state index is 0.0209. The lowest BCUT2D eigenvalue weighted by Gasteiger charge is -2.06. The second-order valence-corrected chi connectivity index (χ2v) is 4.96. The van der Waals surface area contributed by atoms with Gasteiger partial charge in [0, 0.05) is 18.9 Å². The quantitative estimate of drug-likeness (QED) is 0.505. The molecule has 0 aliphatic rings. The third kappa shape index (κ3) is 5.09. The van der Waals surface area contributed by atoms with Crippen molar-refractivity contribution < 1.29 is 24.9 Å². The van der Waals surface area contributed by atoms with E-state index in [9.17, 15) is 19.8 Å². The van der Waals surface area contributed by atoms with E-state index in [1.807, 2.05) is 0 Å². The van der Waals surface area contributed by atoms with Crippen molar-refractivity contribution in [2.45, 2.75) is 38.5 Å². The van der Waals surface area contributed by atoms with Gasteiger partial charge in [0.05, 0.1) is 10.6 Å². The van der Waals surface area contributed by atoms with Crippen molar-refractivity contribution in [3.05, 3.63) is 22.7 Å². The molecule has 0 heterocycles. The maximum atomic E-state index is 11.9. The zero-order valence-corrected chi connectivity index (χ0v) is 11.7. The first-order chi connectivity index (χ1) is 9.41. The molecule has 6 heteroatoms. The monoisotopic (exact) mass is 300 g/mol. The van der Waals surface area contributed by atoms with Crippen LogP contribution in [0.3, 0.4) is 0 Å². The van der Waals surface area contributed by atoms with Crippen LogP contribution in [0.5, 0.6) is 11.5 Å². The van der Waals surface area contributed by atoms with Gasteiger partial charge >= 0.3 is 5.97 Å². The van der Waals surface area contributed by atoms with E-state index in [4.69, 9.17) is 16.7 Å². The van der Waals surface area contributed by atoms with Gasteiger partial charge in [-0.15, -0.1) is 0 Å². The molecule has 1 aromatic carbocycles. The molecule has 110 valence electrons. The van der Waals surface area contributed by atoms with Gasteiger partial charge < -0.3 is 15.3 Å². The zero-order chi connectivity index (χ0) is 15.1. The SMILES string of the molecule is O=C(O)CCCCCCC(=O)c1cc(Cl)c(O)cc1O. The molecule has 3 N–H and O–H groups in total. The maximum Gasteiger partial charge on any atom is 0.303 e. The summed E-state index contributed by atoms with van der Waals surface area (Å²) in [4.78, 5) is 22.2. The number of halogens is 1. The number of benzene rings is 1. The van der Waals surface area contributed by atoms with Crippen molar-refractivity contribution in [2.24, 2.45) is 0 Å². The molecule has 0 fully saturated rings. The van der Waals surface area contributed by atoms with Gasteiger partial charge in [-0.05, 0) is 18.9 Å². The molecule has 0 aliphatic heterocycles. The summed E-state index contributed by atoms with van der Waals surface area (Å²) in [6.07, 6.45) is 3.12. The van der Waals surface area contributed by atoms with E-state index in [0.29, 0.717) is 12.8 Å². The second kappa shape index (κ2) is 7.75. The third-order valence-corrected chi connectivity index (χ3v) is 3.21. The van der Waals surface area contributed by atoms with Crippen molar-refractivity contribution >= 4 is 23.4 Å². The molecule has 0 atom stereocenters. The lowest BCUT2D eigenvalue weighted by molar-refractivity contribution is -0.137. The predicted molar refractivity (Wildman–Crippen MR) is 74.4 cm³/mol. The first-order valence-corrected chi connectivity index (χ1v) is 6.76. The first-order valence-electron chi connectivity index (χ1n) is 6.38. The number of phenols is 2. The molecule has 1 rings (SSSR count). The molecular formula is C14H17ClO5. The number of aliphatic carboxylic acids is 1. The molecule has 0 saturated carbocycles. The summed E-state index contributed by atoms with van der Waals surface area (Å²) in [6, 6.07) is 2.29. The van der Waals surface area contributed by atoms with E-state index in [1.54, 1.807) is 0 Å². The number of carbonyl (C=O) groups excluding carboxylic acids is 1. The Labute approximate surface area is 121 Å². The zero-order valence-electron chi connectivity index (χ0n) is 10.9. The van der Waals surface area contributed by atoms with Crippen LogP contribution < -0.4 is 0 Å². The van der Waals surface area contributed by atoms with E-state index in [-0.39, 0.29) is 40.7 Å². The van der Waals surface area contributed by atoms with Crippen molar-refractivity contribution in [3.8, 4) is 11.5 Å². The number of hydrogen-bond acceptors (Lipinski definition) is 4. The Kier molecular flexibility index (Phi) is 6.31. The minimum Gasteiger partial charge on any atom is -0.507 e. The van der Waals surface area contributed by atoms with Crippen molar-refractivity contribution in [3.63, 3.8) is 0 Å². The van der Waals surface area contributed by atoms with E-state index in [0.717, 1.165) is 18.9 Å². The topological polar surface area (TPSA) is 94.8 Å². The summed E-state index contributed by atoms with van der Waals surface area (Å²) >= 11 is 5.69. The van der Waals surface area contributed by atoms with Crippen LogP contribution in [0.1, 0.15) is 48.9 Å². The van der Waals surface area contributed by atoms with Crippen molar-refractivity contribution in [1.29, 1.82) is 0 Å². The molecule has 0 bridgehead atoms. The van der Waals surface area contributed by atoms with Crippen LogP contribution in [0.15, 0.2) is 12.1 Å². The lowest BCUT2D eigenvalue weighted by Crippen LogP contribution is -2.00. The van der Waals surface area contributed by atoms with Gasteiger partial charge in [-0.25, -0.2) is 0 Å². The Morgan fingerprint density at radius 2 is 1.55 bits per heavy atom. The van der Waals surface area contributed by atoms with E-state index in [2.05, 4.69) is 0 Å². The number of hydrogen-bond donors (Lipinski definition) is 3. The molecular weight excluding hydrogens is 284 g/mol. The highest BCUT2D eigenvalue weighted by Gasteiger charge is 2.14. The van der Waals surface area contributed by atoms with Crippen LogP contribution in [0.2, 0.25) is 5.02 Å². The number of aromatic hydroxyl groups is 2. The molecule has 0 radical (unpaired) electrons. The Morgan fingerprint density at radius 3 is 2.15 bits per heavy atom. The summed E-state index contributed by atoms with van der Waals surface area (Å²) < 4.78 is 0. The van der Waals surface area contributed by atoms with Crippen LogP contribution in [0, 0.1) is 0 Å². The molecule has 0 spiro atoms. The molecule has 1 aromatic rings. The molecule has 0 saturated heterocycles. The normalized spacial score (nSPS) is 10.4. The summed E-state index contributed by atoms with van der Waals surface area (Å²) in [7, 11) is 0. The van der Waals surface area contributed by atoms with Gasteiger partial charge in [-0.2, -0.15) is 0 Å². The molecule has 0 aromatic heterocycles. The molecule has 0 aliphatic carbocycles. The van der Waals surface area contributed by atoms with Crippen LogP contribution in [-0.4, -0.2) is 27.1 Å². The molecule has 0 unspecified atom stereocenters. The summed E-state index contributed by atoms with van der Waals surface area (Å²) in [5.74, 6) is -1.62. The van der Waals surface area contributed by atoms with Gasteiger partial charge in [0.25, 0.3) is 0 Å². The Hall–Kier alpha value is -1.75. The fraction of sp³-hybridized carbons (Fsp3) is 0.429. The Bertz CT molecular complexity index is 499. The van der Waals surface area contributed by atoms with Gasteiger partial charge in [-0.1, -0.05) is 24.4 Å². The van der Waals surface area contributed by atoms with Crippen LogP contribution >= 0.6 is 11.6 Å². The van der Waals surface area contributed by atoms with Crippen molar-refractivity contribution in [2.75, 3.05) is 0 Å². The van der Waals surface area contributed by atoms with E-state index in [1.165, 1.54) is 6.07 Å². The average Bonchev–Trinajstić information content (AvgIpc) is 2.37. The number of carboxylic acids is 1. The Morgan fingerprint density at radius 1 is 0.950 bits per heavy atom. The average molecular weight is 301 g/mol. The predicted octanol–water partition coefficient (Wildman–Crippen LogP) is 3.36. The van der Waals surface area contributed by atoms with Crippen LogP contribution in [-0.2, 0) is 4.79 Å². The standard InChI is InChI=1S/C14H17ClO5/c15-10-7-9(12(17)8-13(10)18)11(16)5-3-1-2-4-6-14(19)20/h7-8,17-18H,1-6H2,(H,19,20). The number of carboxylic acid groups (broad SMARTS) is 1. The van der Waals surface area contributed by atoms with Crippen LogP contribution in [0.4, 0.5) is 0 Å². The molecule has 20 heavy (non-hydrogen) atoms. The first kappa shape index (κ1) is 16.3. The summed E-state index contributed by atoms with van der Waals surface area (Å²) in [5.41, 5.74) is 0.0957. The Balaban J connectivity index is 2.40. The maximum absolute atomic E-state index is 11.9. The van der Waals surface area contributed by atoms with Crippen molar-refractivity contribution in [1.82, 2.24) is 0 Å². The highest BCUT2D eigenvalue weighted by Crippen LogP contribution is 2.31. The minimum atomic E-state index is -0.815.